The molecule has 1 heterocycles. The van der Waals surface area contributed by atoms with E-state index in [9.17, 15) is 4.79 Å². The minimum Gasteiger partial charge on any atom is -0.480 e. The summed E-state index contributed by atoms with van der Waals surface area (Å²) in [5, 5.41) is 8.67. The molecule has 1 aromatic heterocycles. The van der Waals surface area contributed by atoms with Crippen LogP contribution in [-0.4, -0.2) is 32.8 Å². The fourth-order valence-electron chi connectivity index (χ4n) is 0.693. The molecule has 0 aromatic carbocycles. The molecule has 13 heavy (non-hydrogen) atoms. The zero-order valence-corrected chi connectivity index (χ0v) is 7.57. The van der Waals surface area contributed by atoms with Gasteiger partial charge in [0.05, 0.1) is 0 Å². The van der Waals surface area contributed by atoms with Crippen molar-refractivity contribution < 1.29 is 9.90 Å². The van der Waals surface area contributed by atoms with Gasteiger partial charge in [0.15, 0.2) is 0 Å². The highest BCUT2D eigenvalue weighted by Gasteiger charge is 2.16. The Labute approximate surface area is 79.4 Å². The molecule has 1 atom stereocenters. The summed E-state index contributed by atoms with van der Waals surface area (Å²) >= 11 is 1.12. The molecule has 0 amide bonds. The summed E-state index contributed by atoms with van der Waals surface area (Å²) in [5.74, 6) is -0.925. The molecular formula is C7H9N3O2S. The van der Waals surface area contributed by atoms with E-state index in [0.717, 1.165) is 11.8 Å². The summed E-state index contributed by atoms with van der Waals surface area (Å²) < 4.78 is 0. The Morgan fingerprint density at radius 3 is 3.00 bits per heavy atom. The number of carboxylic acids is 1. The molecule has 0 spiro atoms. The number of aromatic nitrogens is 2. The molecule has 0 aliphatic heterocycles. The molecule has 1 unspecified atom stereocenters. The molecule has 0 fully saturated rings. The van der Waals surface area contributed by atoms with Gasteiger partial charge in [0, 0.05) is 12.7 Å². The van der Waals surface area contributed by atoms with Crippen LogP contribution in [0.5, 0.6) is 0 Å². The van der Waals surface area contributed by atoms with Crippen LogP contribution in [0, 0.1) is 0 Å². The van der Waals surface area contributed by atoms with Crippen molar-refractivity contribution in [3.8, 4) is 0 Å². The van der Waals surface area contributed by atoms with E-state index in [-0.39, 0.29) is 6.54 Å². The predicted molar refractivity (Wildman–Crippen MR) is 48.4 cm³/mol. The highest BCUT2D eigenvalue weighted by Crippen LogP contribution is 2.19. The van der Waals surface area contributed by atoms with E-state index >= 15 is 0 Å². The Morgan fingerprint density at radius 2 is 2.54 bits per heavy atom. The van der Waals surface area contributed by atoms with Crippen molar-refractivity contribution in [2.24, 2.45) is 5.73 Å². The fraction of sp³-hybridized carbons (Fsp3) is 0.286. The number of nitrogens with zero attached hydrogens (tertiary/aromatic N) is 2. The highest BCUT2D eigenvalue weighted by molar-refractivity contribution is 8.00. The molecule has 1 aromatic rings. The first-order valence-electron chi connectivity index (χ1n) is 3.59. The topological polar surface area (TPSA) is 89.1 Å². The van der Waals surface area contributed by atoms with Gasteiger partial charge in [0.1, 0.15) is 16.6 Å². The molecule has 6 heteroatoms. The van der Waals surface area contributed by atoms with Gasteiger partial charge in [-0.3, -0.25) is 4.79 Å². The molecule has 0 saturated carbocycles. The number of carbonyl (C=O) groups is 1. The fourth-order valence-corrected chi connectivity index (χ4v) is 1.43. The van der Waals surface area contributed by atoms with Gasteiger partial charge in [-0.2, -0.15) is 0 Å². The normalized spacial score (nSPS) is 12.4. The Kier molecular flexibility index (Phi) is 3.66. The largest absolute Gasteiger partial charge is 0.480 e. The molecule has 1 rings (SSSR count). The van der Waals surface area contributed by atoms with Crippen LogP contribution in [0.3, 0.4) is 0 Å². The van der Waals surface area contributed by atoms with Crippen LogP contribution in [0.2, 0.25) is 0 Å². The van der Waals surface area contributed by atoms with Crippen molar-refractivity contribution in [1.29, 1.82) is 0 Å². The van der Waals surface area contributed by atoms with Crippen molar-refractivity contribution in [1.82, 2.24) is 9.97 Å². The lowest BCUT2D eigenvalue weighted by molar-refractivity contribution is -0.136. The number of aliphatic carboxylic acids is 1. The first-order chi connectivity index (χ1) is 6.24. The van der Waals surface area contributed by atoms with Gasteiger partial charge < -0.3 is 10.8 Å². The molecule has 5 nitrogen and oxygen atoms in total. The van der Waals surface area contributed by atoms with Gasteiger partial charge in [0.25, 0.3) is 0 Å². The van der Waals surface area contributed by atoms with E-state index in [1.54, 1.807) is 12.3 Å². The quantitative estimate of drug-likeness (QED) is 0.523. The van der Waals surface area contributed by atoms with E-state index in [2.05, 4.69) is 9.97 Å². The lowest BCUT2D eigenvalue weighted by Crippen LogP contribution is -2.25. The number of nitrogens with two attached hydrogens (primary N) is 1. The SMILES string of the molecule is NCC(Sc1ccncn1)C(=O)O. The van der Waals surface area contributed by atoms with Gasteiger partial charge in [0.2, 0.25) is 0 Å². The summed E-state index contributed by atoms with van der Waals surface area (Å²) in [7, 11) is 0. The summed E-state index contributed by atoms with van der Waals surface area (Å²) in [6.45, 7) is 0.0873. The van der Waals surface area contributed by atoms with Crippen LogP contribution in [-0.2, 0) is 4.79 Å². The first kappa shape index (κ1) is 9.94. The maximum absolute atomic E-state index is 10.6. The second-order valence-corrected chi connectivity index (χ2v) is 3.45. The maximum Gasteiger partial charge on any atom is 0.318 e. The molecular weight excluding hydrogens is 190 g/mol. The van der Waals surface area contributed by atoms with E-state index < -0.39 is 11.2 Å². The van der Waals surface area contributed by atoms with E-state index in [1.807, 2.05) is 0 Å². The van der Waals surface area contributed by atoms with Crippen molar-refractivity contribution in [3.05, 3.63) is 18.6 Å². The highest BCUT2D eigenvalue weighted by atomic mass is 32.2. The third kappa shape index (κ3) is 3.00. The molecule has 0 aliphatic rings. The predicted octanol–water partition coefficient (Wildman–Crippen LogP) is -0.0194. The Morgan fingerprint density at radius 1 is 1.77 bits per heavy atom. The lowest BCUT2D eigenvalue weighted by Gasteiger charge is -2.07. The number of hydrogen-bond acceptors (Lipinski definition) is 5. The van der Waals surface area contributed by atoms with Crippen LogP contribution >= 0.6 is 11.8 Å². The van der Waals surface area contributed by atoms with Crippen molar-refractivity contribution in [3.63, 3.8) is 0 Å². The number of thioether (sulfide) groups is 1. The summed E-state index contributed by atoms with van der Waals surface area (Å²) in [5.41, 5.74) is 5.28. The molecule has 0 aliphatic carbocycles. The van der Waals surface area contributed by atoms with E-state index in [0.29, 0.717) is 5.03 Å². The van der Waals surface area contributed by atoms with E-state index in [1.165, 1.54) is 6.33 Å². The van der Waals surface area contributed by atoms with Gasteiger partial charge in [-0.1, -0.05) is 11.8 Å². The average Bonchev–Trinajstić information content (AvgIpc) is 2.15. The second kappa shape index (κ2) is 4.78. The Balaban J connectivity index is 2.62. The second-order valence-electron chi connectivity index (χ2n) is 2.23. The van der Waals surface area contributed by atoms with Gasteiger partial charge >= 0.3 is 5.97 Å². The zero-order valence-electron chi connectivity index (χ0n) is 6.75. The van der Waals surface area contributed by atoms with Crippen LogP contribution in [0.25, 0.3) is 0 Å². The third-order valence-electron chi connectivity index (χ3n) is 1.31. The maximum atomic E-state index is 10.6. The van der Waals surface area contributed by atoms with Crippen LogP contribution in [0.4, 0.5) is 0 Å². The number of rotatable bonds is 4. The Bertz CT molecular complexity index is 280. The smallest absolute Gasteiger partial charge is 0.318 e. The first-order valence-corrected chi connectivity index (χ1v) is 4.47. The number of carboxylic acid groups (broad SMARTS) is 1. The zero-order chi connectivity index (χ0) is 9.68. The van der Waals surface area contributed by atoms with Crippen LogP contribution in [0.1, 0.15) is 0 Å². The van der Waals surface area contributed by atoms with E-state index in [4.69, 9.17) is 10.8 Å². The monoisotopic (exact) mass is 199 g/mol. The molecule has 70 valence electrons. The summed E-state index contributed by atoms with van der Waals surface area (Å²) in [6.07, 6.45) is 2.93. The molecule has 3 N–H and O–H groups in total. The molecule has 0 radical (unpaired) electrons. The van der Waals surface area contributed by atoms with Crippen LogP contribution in [0.15, 0.2) is 23.6 Å². The van der Waals surface area contributed by atoms with Crippen molar-refractivity contribution in [2.45, 2.75) is 10.3 Å². The van der Waals surface area contributed by atoms with Crippen molar-refractivity contribution in [2.75, 3.05) is 6.54 Å². The van der Waals surface area contributed by atoms with Gasteiger partial charge in [-0.15, -0.1) is 0 Å². The third-order valence-corrected chi connectivity index (χ3v) is 2.47. The van der Waals surface area contributed by atoms with Crippen molar-refractivity contribution >= 4 is 17.7 Å². The Hall–Kier alpha value is -1.14. The lowest BCUT2D eigenvalue weighted by atomic mass is 10.4. The standard InChI is InChI=1S/C7H9N3O2S/c8-3-5(7(11)12)13-6-1-2-9-4-10-6/h1-2,4-5H,3,8H2,(H,11,12). The minimum absolute atomic E-state index is 0.0873. The molecule has 0 bridgehead atoms. The summed E-state index contributed by atoms with van der Waals surface area (Å²) in [4.78, 5) is 18.2. The minimum atomic E-state index is -0.925. The van der Waals surface area contributed by atoms with Gasteiger partial charge in [-0.25, -0.2) is 9.97 Å². The summed E-state index contributed by atoms with van der Waals surface area (Å²) in [6, 6.07) is 1.65. The van der Waals surface area contributed by atoms with Gasteiger partial charge in [-0.05, 0) is 6.07 Å². The number of hydrogen-bond donors (Lipinski definition) is 2. The molecule has 0 saturated heterocycles. The average molecular weight is 199 g/mol. The van der Waals surface area contributed by atoms with Crippen LogP contribution < -0.4 is 5.73 Å².